The van der Waals surface area contributed by atoms with Gasteiger partial charge in [0.05, 0.1) is 5.56 Å². The first kappa shape index (κ1) is 14.6. The van der Waals surface area contributed by atoms with Gasteiger partial charge in [0.15, 0.2) is 0 Å². The molecule has 0 aliphatic rings. The second kappa shape index (κ2) is 6.09. The molecule has 20 heavy (non-hydrogen) atoms. The predicted molar refractivity (Wildman–Crippen MR) is 85.8 cm³/mol. The van der Waals surface area contributed by atoms with Crippen molar-refractivity contribution in [2.24, 2.45) is 5.73 Å². The minimum Gasteiger partial charge on any atom is -0.457 e. The SMILES string of the molecule is CC(C)c1cccc(Oc2cccc(Br)c2C(=N)N)c1. The largest absolute Gasteiger partial charge is 0.457 e. The molecule has 0 aromatic heterocycles. The van der Waals surface area contributed by atoms with Crippen molar-refractivity contribution in [2.75, 3.05) is 0 Å². The average molecular weight is 333 g/mol. The fraction of sp³-hybridized carbons (Fsp3) is 0.188. The van der Waals surface area contributed by atoms with Crippen LogP contribution in [-0.4, -0.2) is 5.84 Å². The molecule has 2 rings (SSSR count). The minimum atomic E-state index is -0.0208. The molecule has 0 radical (unpaired) electrons. The second-order valence-corrected chi connectivity index (χ2v) is 5.71. The van der Waals surface area contributed by atoms with Crippen molar-refractivity contribution in [1.29, 1.82) is 5.41 Å². The summed E-state index contributed by atoms with van der Waals surface area (Å²) in [7, 11) is 0. The van der Waals surface area contributed by atoms with Gasteiger partial charge in [0, 0.05) is 4.47 Å². The third kappa shape index (κ3) is 3.20. The molecule has 2 aromatic rings. The Bertz CT molecular complexity index is 638. The van der Waals surface area contributed by atoms with Gasteiger partial charge in [-0.3, -0.25) is 5.41 Å². The lowest BCUT2D eigenvalue weighted by Crippen LogP contribution is -2.13. The Morgan fingerprint density at radius 2 is 1.90 bits per heavy atom. The molecule has 0 atom stereocenters. The smallest absolute Gasteiger partial charge is 0.139 e. The van der Waals surface area contributed by atoms with Gasteiger partial charge in [-0.2, -0.15) is 0 Å². The first-order chi connectivity index (χ1) is 9.49. The summed E-state index contributed by atoms with van der Waals surface area (Å²) in [5.74, 6) is 1.74. The molecule has 0 amide bonds. The van der Waals surface area contributed by atoms with Crippen LogP contribution in [-0.2, 0) is 0 Å². The number of benzene rings is 2. The van der Waals surface area contributed by atoms with Crippen LogP contribution in [0, 0.1) is 5.41 Å². The lowest BCUT2D eigenvalue weighted by molar-refractivity contribution is 0.480. The molecule has 4 heteroatoms. The second-order valence-electron chi connectivity index (χ2n) is 4.86. The molecule has 104 valence electrons. The van der Waals surface area contributed by atoms with Gasteiger partial charge in [0.2, 0.25) is 0 Å². The fourth-order valence-corrected chi connectivity index (χ4v) is 2.48. The van der Waals surface area contributed by atoms with Crippen LogP contribution in [0.3, 0.4) is 0 Å². The zero-order chi connectivity index (χ0) is 14.7. The molecule has 0 unspecified atom stereocenters. The highest BCUT2D eigenvalue weighted by atomic mass is 79.9. The predicted octanol–water partition coefficient (Wildman–Crippen LogP) is 4.65. The van der Waals surface area contributed by atoms with Crippen LogP contribution in [0.15, 0.2) is 46.9 Å². The number of nitrogens with one attached hydrogen (secondary N) is 1. The summed E-state index contributed by atoms with van der Waals surface area (Å²) >= 11 is 3.40. The highest BCUT2D eigenvalue weighted by Crippen LogP contribution is 2.31. The van der Waals surface area contributed by atoms with Crippen LogP contribution in [0.2, 0.25) is 0 Å². The Labute approximate surface area is 127 Å². The molecular formula is C16H17BrN2O. The first-order valence-corrected chi connectivity index (χ1v) is 7.19. The standard InChI is InChI=1S/C16H17BrN2O/c1-10(2)11-5-3-6-12(9-11)20-14-8-4-7-13(17)15(14)16(18)19/h3-10H,1-2H3,(H3,18,19). The molecule has 3 N–H and O–H groups in total. The van der Waals surface area contributed by atoms with Gasteiger partial charge in [0.25, 0.3) is 0 Å². The summed E-state index contributed by atoms with van der Waals surface area (Å²) in [6.07, 6.45) is 0. The molecule has 0 aliphatic heterocycles. The van der Waals surface area contributed by atoms with E-state index in [0.717, 1.165) is 10.2 Å². The van der Waals surface area contributed by atoms with Gasteiger partial charge in [0.1, 0.15) is 17.3 Å². The van der Waals surface area contributed by atoms with E-state index in [1.165, 1.54) is 5.56 Å². The average Bonchev–Trinajstić information content (AvgIpc) is 2.38. The van der Waals surface area contributed by atoms with Gasteiger partial charge >= 0.3 is 0 Å². The molecule has 0 aliphatic carbocycles. The summed E-state index contributed by atoms with van der Waals surface area (Å²) in [5, 5.41) is 7.66. The van der Waals surface area contributed by atoms with E-state index in [-0.39, 0.29) is 5.84 Å². The molecular weight excluding hydrogens is 316 g/mol. The number of ether oxygens (including phenoxy) is 1. The quantitative estimate of drug-likeness (QED) is 0.632. The molecule has 3 nitrogen and oxygen atoms in total. The summed E-state index contributed by atoms with van der Waals surface area (Å²) < 4.78 is 6.64. The van der Waals surface area contributed by atoms with Crippen LogP contribution >= 0.6 is 15.9 Å². The maximum atomic E-state index is 7.66. The Balaban J connectivity index is 2.38. The van der Waals surface area contributed by atoms with E-state index in [1.54, 1.807) is 0 Å². The number of amidine groups is 1. The maximum Gasteiger partial charge on any atom is 0.139 e. The van der Waals surface area contributed by atoms with Gasteiger partial charge in [-0.05, 0) is 51.7 Å². The van der Waals surface area contributed by atoms with E-state index in [2.05, 4.69) is 35.8 Å². The van der Waals surface area contributed by atoms with Crippen LogP contribution in [0.4, 0.5) is 0 Å². The molecule has 0 fully saturated rings. The van der Waals surface area contributed by atoms with E-state index in [9.17, 15) is 0 Å². The van der Waals surface area contributed by atoms with E-state index in [1.807, 2.05) is 36.4 Å². The highest BCUT2D eigenvalue weighted by Gasteiger charge is 2.12. The highest BCUT2D eigenvalue weighted by molar-refractivity contribution is 9.10. The first-order valence-electron chi connectivity index (χ1n) is 6.39. The van der Waals surface area contributed by atoms with Gasteiger partial charge in [-0.15, -0.1) is 0 Å². The van der Waals surface area contributed by atoms with Crippen LogP contribution in [0.5, 0.6) is 11.5 Å². The zero-order valence-electron chi connectivity index (χ0n) is 11.5. The number of nitrogen functional groups attached to an aromatic ring is 1. The molecule has 2 aromatic carbocycles. The maximum absolute atomic E-state index is 7.66. The summed E-state index contributed by atoms with van der Waals surface area (Å²) in [6, 6.07) is 13.5. The molecule has 0 heterocycles. The van der Waals surface area contributed by atoms with E-state index in [4.69, 9.17) is 15.9 Å². The van der Waals surface area contributed by atoms with Crippen molar-refractivity contribution in [3.63, 3.8) is 0 Å². The van der Waals surface area contributed by atoms with E-state index < -0.39 is 0 Å². The number of nitrogens with two attached hydrogens (primary N) is 1. The third-order valence-electron chi connectivity index (χ3n) is 3.00. The van der Waals surface area contributed by atoms with Crippen molar-refractivity contribution in [1.82, 2.24) is 0 Å². The normalized spacial score (nSPS) is 10.6. The molecule has 0 saturated heterocycles. The third-order valence-corrected chi connectivity index (χ3v) is 3.66. The molecule has 0 bridgehead atoms. The summed E-state index contributed by atoms with van der Waals surface area (Å²) in [6.45, 7) is 4.28. The van der Waals surface area contributed by atoms with Gasteiger partial charge in [-0.25, -0.2) is 0 Å². The Kier molecular flexibility index (Phi) is 4.45. The summed E-state index contributed by atoms with van der Waals surface area (Å²) in [4.78, 5) is 0. The Morgan fingerprint density at radius 3 is 2.55 bits per heavy atom. The lowest BCUT2D eigenvalue weighted by Gasteiger charge is -2.13. The number of halogens is 1. The molecule has 0 spiro atoms. The topological polar surface area (TPSA) is 59.1 Å². The van der Waals surface area contributed by atoms with Gasteiger partial charge in [-0.1, -0.05) is 32.0 Å². The van der Waals surface area contributed by atoms with Crippen molar-refractivity contribution >= 4 is 21.8 Å². The van der Waals surface area contributed by atoms with Crippen molar-refractivity contribution in [3.8, 4) is 11.5 Å². The monoisotopic (exact) mass is 332 g/mol. The number of hydrogen-bond acceptors (Lipinski definition) is 2. The van der Waals surface area contributed by atoms with Crippen molar-refractivity contribution in [2.45, 2.75) is 19.8 Å². The number of rotatable bonds is 4. The lowest BCUT2D eigenvalue weighted by atomic mass is 10.0. The van der Waals surface area contributed by atoms with Crippen molar-refractivity contribution in [3.05, 3.63) is 58.1 Å². The Hall–Kier alpha value is -1.81. The van der Waals surface area contributed by atoms with Crippen LogP contribution < -0.4 is 10.5 Å². The van der Waals surface area contributed by atoms with Gasteiger partial charge < -0.3 is 10.5 Å². The van der Waals surface area contributed by atoms with Crippen molar-refractivity contribution < 1.29 is 4.74 Å². The van der Waals surface area contributed by atoms with E-state index in [0.29, 0.717) is 17.2 Å². The summed E-state index contributed by atoms with van der Waals surface area (Å²) in [5.41, 5.74) is 7.40. The Morgan fingerprint density at radius 1 is 1.20 bits per heavy atom. The van der Waals surface area contributed by atoms with Crippen LogP contribution in [0.25, 0.3) is 0 Å². The fourth-order valence-electron chi connectivity index (χ4n) is 1.91. The zero-order valence-corrected chi connectivity index (χ0v) is 13.1. The number of hydrogen-bond donors (Lipinski definition) is 2. The minimum absolute atomic E-state index is 0.0208. The molecule has 0 saturated carbocycles. The van der Waals surface area contributed by atoms with E-state index >= 15 is 0 Å². The van der Waals surface area contributed by atoms with Crippen LogP contribution in [0.1, 0.15) is 30.9 Å².